The largest absolute Gasteiger partial charge is 0.202 e. The number of hydrogen-bond acceptors (Lipinski definition) is 0. The Bertz CT molecular complexity index is 1640. The lowest BCUT2D eigenvalue weighted by atomic mass is 10.0. The molecule has 2 aliphatic carbocycles. The number of allylic oxidation sites excluding steroid dienone is 1. The molecule has 0 atom stereocenters. The second-order valence-corrected chi connectivity index (χ2v) is 14.5. The van der Waals surface area contributed by atoms with Gasteiger partial charge in [-0.15, -0.1) is 0 Å². The van der Waals surface area contributed by atoms with Gasteiger partial charge in [-0.05, 0) is 90.5 Å². The summed E-state index contributed by atoms with van der Waals surface area (Å²) < 4.78 is 9.83. The number of aromatic nitrogens is 4. The number of nitrogens with zero attached hydrogens (tertiary/aromatic N) is 4. The highest BCUT2D eigenvalue weighted by atomic mass is 15.0. The van der Waals surface area contributed by atoms with E-state index in [1.165, 1.54) is 128 Å². The number of pyridine rings is 4. The maximum atomic E-state index is 2.50. The number of rotatable bonds is 13. The normalized spacial score (nSPS) is 13.2. The molecule has 6 rings (SSSR count). The fraction of sp³-hybridized carbons (Fsp3) is 0.500. The minimum absolute atomic E-state index is 1.14. The van der Waals surface area contributed by atoms with Gasteiger partial charge in [0.1, 0.15) is 26.2 Å². The van der Waals surface area contributed by atoms with E-state index in [9.17, 15) is 0 Å². The summed E-state index contributed by atoms with van der Waals surface area (Å²) >= 11 is 0. The Hall–Kier alpha value is -3.66. The van der Waals surface area contributed by atoms with Gasteiger partial charge in [0.15, 0.2) is 47.6 Å². The molecule has 0 unspecified atom stereocenters. The summed E-state index contributed by atoms with van der Waals surface area (Å²) in [5.74, 6) is 0. The van der Waals surface area contributed by atoms with Gasteiger partial charge in [-0.3, -0.25) is 0 Å². The minimum Gasteiger partial charge on any atom is -0.202 e. The van der Waals surface area contributed by atoms with Crippen molar-refractivity contribution >= 4 is 6.08 Å². The number of unbranched alkanes of at least 4 members (excludes halogenated alkanes) is 5. The van der Waals surface area contributed by atoms with Crippen LogP contribution in [0.3, 0.4) is 0 Å². The lowest BCUT2D eigenvalue weighted by molar-refractivity contribution is -0.708. The Morgan fingerprint density at radius 2 is 1.06 bits per heavy atom. The van der Waals surface area contributed by atoms with Gasteiger partial charge in [0.05, 0.1) is 0 Å². The summed E-state index contributed by atoms with van der Waals surface area (Å²) in [5.41, 5.74) is 14.4. The molecule has 254 valence electrons. The second kappa shape index (κ2) is 17.7. The van der Waals surface area contributed by atoms with Gasteiger partial charge >= 0.3 is 0 Å². The van der Waals surface area contributed by atoms with Gasteiger partial charge in [0.25, 0.3) is 0 Å². The van der Waals surface area contributed by atoms with Crippen LogP contribution < -0.4 is 18.3 Å². The Balaban J connectivity index is 0.000000188. The van der Waals surface area contributed by atoms with Crippen LogP contribution in [0.4, 0.5) is 0 Å². The summed E-state index contributed by atoms with van der Waals surface area (Å²) in [6.45, 7) is 17.9. The van der Waals surface area contributed by atoms with E-state index in [0.29, 0.717) is 0 Å². The third-order valence-corrected chi connectivity index (χ3v) is 10.7. The van der Waals surface area contributed by atoms with Crippen LogP contribution in [0.2, 0.25) is 0 Å². The first-order valence-corrected chi connectivity index (χ1v) is 18.9. The molecule has 0 N–H and O–H groups in total. The molecule has 4 heterocycles. The van der Waals surface area contributed by atoms with Gasteiger partial charge in [0.2, 0.25) is 0 Å². The van der Waals surface area contributed by atoms with Gasteiger partial charge in [-0.2, -0.15) is 0 Å². The molecule has 0 amide bonds. The highest BCUT2D eigenvalue weighted by Crippen LogP contribution is 2.18. The number of hydrogen-bond donors (Lipinski definition) is 0. The highest BCUT2D eigenvalue weighted by Gasteiger charge is 2.21. The van der Waals surface area contributed by atoms with Gasteiger partial charge < -0.3 is 0 Å². The van der Waals surface area contributed by atoms with E-state index < -0.39 is 0 Å². The zero-order valence-corrected chi connectivity index (χ0v) is 31.0. The molecule has 0 spiro atoms. The van der Waals surface area contributed by atoms with Crippen molar-refractivity contribution in [1.29, 1.82) is 0 Å². The van der Waals surface area contributed by atoms with Crippen LogP contribution in [-0.4, -0.2) is 0 Å². The standard InChI is InChI=1S/C22H28N2.C22H34N2/c1(5-16-24-18-8-12-20-10-6-14-22(20)24)4-15-23-17-7-11-19-9-2-3-13-21(19)23;1-17-13-19(3)21(5)23(15-17)11-9-7-8-10-12-24-16-18(2)14-20(4)22(24)6/h2,7-9,11-12,17-18H,1,3-6,10,13-16H2;13-16H,7-12H2,1-6H3/q2*+2. The maximum Gasteiger partial charge on any atom is 0.188 e. The van der Waals surface area contributed by atoms with Crippen LogP contribution in [0.15, 0.2) is 67.3 Å². The number of aryl methyl sites for hydroxylation is 9. The summed E-state index contributed by atoms with van der Waals surface area (Å²) in [6.07, 6.45) is 29.0. The predicted octanol–water partition coefficient (Wildman–Crippen LogP) is 7.95. The van der Waals surface area contributed by atoms with Crippen LogP contribution in [0.1, 0.15) is 114 Å². The van der Waals surface area contributed by atoms with Crippen molar-refractivity contribution in [3.63, 3.8) is 0 Å². The fourth-order valence-electron chi connectivity index (χ4n) is 7.73. The first kappa shape index (κ1) is 35.6. The molecule has 0 bridgehead atoms. The molecule has 0 fully saturated rings. The molecule has 4 nitrogen and oxygen atoms in total. The molecule has 4 heteroatoms. The van der Waals surface area contributed by atoms with E-state index in [4.69, 9.17) is 0 Å². The molecule has 48 heavy (non-hydrogen) atoms. The summed E-state index contributed by atoms with van der Waals surface area (Å²) in [7, 11) is 0. The zero-order valence-electron chi connectivity index (χ0n) is 31.0. The van der Waals surface area contributed by atoms with Gasteiger partial charge in [0, 0.05) is 97.9 Å². The summed E-state index contributed by atoms with van der Waals surface area (Å²) in [6, 6.07) is 13.5. The van der Waals surface area contributed by atoms with Crippen LogP contribution in [0, 0.1) is 41.5 Å². The van der Waals surface area contributed by atoms with Crippen molar-refractivity contribution in [2.24, 2.45) is 0 Å². The first-order valence-electron chi connectivity index (χ1n) is 18.9. The lowest BCUT2D eigenvalue weighted by Crippen LogP contribution is -2.40. The monoisotopic (exact) mass is 646 g/mol. The minimum atomic E-state index is 1.14. The third-order valence-electron chi connectivity index (χ3n) is 10.7. The van der Waals surface area contributed by atoms with Crippen molar-refractivity contribution < 1.29 is 18.3 Å². The Labute approximate surface area is 291 Å². The fourth-order valence-corrected chi connectivity index (χ4v) is 7.73. The van der Waals surface area contributed by atoms with Crippen LogP contribution in [0.25, 0.3) is 6.08 Å². The molecule has 0 aromatic carbocycles. The molecular formula is C44H62N4+4. The molecule has 4 aromatic rings. The third kappa shape index (κ3) is 9.71. The van der Waals surface area contributed by atoms with Crippen LogP contribution in [0.5, 0.6) is 0 Å². The Morgan fingerprint density at radius 1 is 0.542 bits per heavy atom. The van der Waals surface area contributed by atoms with Crippen molar-refractivity contribution in [2.45, 2.75) is 145 Å². The molecule has 0 radical (unpaired) electrons. The second-order valence-electron chi connectivity index (χ2n) is 14.5. The maximum absolute atomic E-state index is 2.50. The molecule has 0 saturated heterocycles. The van der Waals surface area contributed by atoms with E-state index in [0.717, 1.165) is 19.6 Å². The molecule has 0 saturated carbocycles. The van der Waals surface area contributed by atoms with Crippen molar-refractivity contribution in [3.05, 3.63) is 123 Å². The SMILES string of the molecule is C1=Cc2ccc[n+](CCCCC[n+]3cccc4c3CCC4)c2CC1.Cc1cc(C)c(C)[n+](CCCCCC[n+]2cc(C)cc(C)c2C)c1. The van der Waals surface area contributed by atoms with Crippen LogP contribution >= 0.6 is 0 Å². The van der Waals surface area contributed by atoms with Gasteiger partial charge in [-0.1, -0.05) is 12.2 Å². The Morgan fingerprint density at radius 3 is 1.67 bits per heavy atom. The molecule has 4 aromatic heterocycles. The lowest BCUT2D eigenvalue weighted by Gasteiger charge is -2.09. The average molecular weight is 647 g/mol. The smallest absolute Gasteiger partial charge is 0.188 e. The predicted molar refractivity (Wildman–Crippen MR) is 197 cm³/mol. The van der Waals surface area contributed by atoms with E-state index in [-0.39, 0.29) is 0 Å². The van der Waals surface area contributed by atoms with E-state index in [1.54, 1.807) is 11.3 Å². The Kier molecular flexibility index (Phi) is 13.1. The van der Waals surface area contributed by atoms with Crippen LogP contribution in [-0.2, 0) is 45.4 Å². The molecule has 0 aliphatic heterocycles. The van der Waals surface area contributed by atoms with E-state index in [1.807, 2.05) is 0 Å². The first-order chi connectivity index (χ1) is 23.3. The van der Waals surface area contributed by atoms with Crippen molar-refractivity contribution in [2.75, 3.05) is 0 Å². The zero-order chi connectivity index (χ0) is 33.9. The van der Waals surface area contributed by atoms with Crippen molar-refractivity contribution in [1.82, 2.24) is 0 Å². The van der Waals surface area contributed by atoms with Gasteiger partial charge in [-0.25, -0.2) is 18.3 Å². The quantitative estimate of drug-likeness (QED) is 0.104. The summed E-state index contributed by atoms with van der Waals surface area (Å²) in [5, 5.41) is 0. The topological polar surface area (TPSA) is 15.5 Å². The highest BCUT2D eigenvalue weighted by molar-refractivity contribution is 5.52. The van der Waals surface area contributed by atoms with E-state index in [2.05, 4.69) is 133 Å². The average Bonchev–Trinajstić information content (AvgIpc) is 3.57. The van der Waals surface area contributed by atoms with E-state index >= 15 is 0 Å². The molecule has 2 aliphatic rings. The number of fused-ring (bicyclic) bond motifs is 2. The van der Waals surface area contributed by atoms with Crippen molar-refractivity contribution in [3.8, 4) is 0 Å². The summed E-state index contributed by atoms with van der Waals surface area (Å²) in [4.78, 5) is 0. The molecular weight excluding hydrogens is 585 g/mol.